The molecule has 4 heteroatoms. The number of thiophene rings is 1. The summed E-state index contributed by atoms with van der Waals surface area (Å²) in [5.41, 5.74) is 2.34. The lowest BCUT2D eigenvalue weighted by molar-refractivity contribution is 0.609. The minimum atomic E-state index is 0.217. The van der Waals surface area contributed by atoms with Gasteiger partial charge in [-0.05, 0) is 58.7 Å². The Morgan fingerprint density at radius 1 is 1.19 bits per heavy atom. The zero-order chi connectivity index (χ0) is 14.7. The number of benzene rings is 1. The fourth-order valence-corrected chi connectivity index (χ4v) is 4.03. The molecule has 0 saturated carbocycles. The van der Waals surface area contributed by atoms with Gasteiger partial charge in [0.1, 0.15) is 0 Å². The summed E-state index contributed by atoms with van der Waals surface area (Å²) in [6.07, 6.45) is 2.97. The van der Waals surface area contributed by atoms with Crippen molar-refractivity contribution in [2.75, 3.05) is 6.54 Å². The molecule has 2 aromatic heterocycles. The molecule has 0 fully saturated rings. The van der Waals surface area contributed by atoms with Crippen molar-refractivity contribution >= 4 is 38.2 Å². The summed E-state index contributed by atoms with van der Waals surface area (Å²) >= 11 is 5.35. The predicted molar refractivity (Wildman–Crippen MR) is 93.9 cm³/mol. The lowest BCUT2D eigenvalue weighted by Crippen LogP contribution is -2.22. The van der Waals surface area contributed by atoms with Crippen molar-refractivity contribution in [1.29, 1.82) is 0 Å². The molecule has 108 valence electrons. The highest BCUT2D eigenvalue weighted by atomic mass is 79.9. The van der Waals surface area contributed by atoms with Crippen LogP contribution in [0, 0.1) is 0 Å². The lowest BCUT2D eigenvalue weighted by atomic mass is 10.00. The molecule has 0 saturated heterocycles. The van der Waals surface area contributed by atoms with Crippen LogP contribution in [0.2, 0.25) is 0 Å². The van der Waals surface area contributed by atoms with E-state index < -0.39 is 0 Å². The van der Waals surface area contributed by atoms with Crippen molar-refractivity contribution in [2.24, 2.45) is 0 Å². The van der Waals surface area contributed by atoms with Crippen LogP contribution < -0.4 is 5.32 Å². The normalized spacial score (nSPS) is 12.7. The Morgan fingerprint density at radius 3 is 2.86 bits per heavy atom. The highest BCUT2D eigenvalue weighted by Crippen LogP contribution is 2.34. The predicted octanol–water partition coefficient (Wildman–Crippen LogP) is 5.15. The summed E-state index contributed by atoms with van der Waals surface area (Å²) in [7, 11) is 0. The highest BCUT2D eigenvalue weighted by Gasteiger charge is 2.17. The van der Waals surface area contributed by atoms with Gasteiger partial charge in [-0.1, -0.05) is 25.1 Å². The second-order valence-electron chi connectivity index (χ2n) is 4.95. The van der Waals surface area contributed by atoms with E-state index in [1.54, 1.807) is 11.3 Å². The summed E-state index contributed by atoms with van der Waals surface area (Å²) in [6.45, 7) is 3.19. The summed E-state index contributed by atoms with van der Waals surface area (Å²) < 4.78 is 1.17. The maximum atomic E-state index is 4.47. The SMILES string of the molecule is CCCNC(c1ccc(Br)s1)c1cccc2ncccc12. The van der Waals surface area contributed by atoms with E-state index >= 15 is 0 Å². The Kier molecular flexibility index (Phi) is 4.68. The van der Waals surface area contributed by atoms with Gasteiger partial charge in [0.25, 0.3) is 0 Å². The number of fused-ring (bicyclic) bond motifs is 1. The first-order valence-electron chi connectivity index (χ1n) is 7.12. The standard InChI is InChI=1S/C17H17BrN2S/c1-2-10-20-17(15-8-9-16(18)21-15)13-5-3-7-14-12(13)6-4-11-19-14/h3-9,11,17,20H,2,10H2,1H3. The van der Waals surface area contributed by atoms with E-state index in [4.69, 9.17) is 0 Å². The van der Waals surface area contributed by atoms with Crippen LogP contribution in [0.15, 0.2) is 52.4 Å². The number of aromatic nitrogens is 1. The van der Waals surface area contributed by atoms with Gasteiger partial charge in [0, 0.05) is 16.5 Å². The number of nitrogens with one attached hydrogen (secondary N) is 1. The smallest absolute Gasteiger partial charge is 0.0705 e. The van der Waals surface area contributed by atoms with Gasteiger partial charge in [0.2, 0.25) is 0 Å². The average molecular weight is 361 g/mol. The molecule has 3 aromatic rings. The van der Waals surface area contributed by atoms with Gasteiger partial charge in [-0.15, -0.1) is 11.3 Å². The quantitative estimate of drug-likeness (QED) is 0.680. The van der Waals surface area contributed by atoms with E-state index in [0.717, 1.165) is 18.5 Å². The third-order valence-electron chi connectivity index (χ3n) is 3.47. The Labute approximate surface area is 137 Å². The average Bonchev–Trinajstić information content (AvgIpc) is 2.94. The van der Waals surface area contributed by atoms with Crippen molar-refractivity contribution in [3.63, 3.8) is 0 Å². The second-order valence-corrected chi connectivity index (χ2v) is 7.44. The second kappa shape index (κ2) is 6.69. The van der Waals surface area contributed by atoms with Crippen LogP contribution >= 0.6 is 27.3 Å². The number of pyridine rings is 1. The van der Waals surface area contributed by atoms with E-state index in [9.17, 15) is 0 Å². The van der Waals surface area contributed by atoms with Crippen LogP contribution in [0.25, 0.3) is 10.9 Å². The van der Waals surface area contributed by atoms with Crippen LogP contribution in [0.1, 0.15) is 29.8 Å². The van der Waals surface area contributed by atoms with Crippen LogP contribution in [0.4, 0.5) is 0 Å². The van der Waals surface area contributed by atoms with E-state index in [0.29, 0.717) is 0 Å². The minimum Gasteiger partial charge on any atom is -0.306 e. The van der Waals surface area contributed by atoms with Crippen molar-refractivity contribution in [1.82, 2.24) is 10.3 Å². The first kappa shape index (κ1) is 14.7. The largest absolute Gasteiger partial charge is 0.306 e. The van der Waals surface area contributed by atoms with Crippen molar-refractivity contribution < 1.29 is 0 Å². The molecule has 2 nitrogen and oxygen atoms in total. The molecular weight excluding hydrogens is 344 g/mol. The summed E-state index contributed by atoms with van der Waals surface area (Å²) in [4.78, 5) is 5.80. The monoisotopic (exact) mass is 360 g/mol. The fraction of sp³-hybridized carbons (Fsp3) is 0.235. The van der Waals surface area contributed by atoms with Crippen LogP contribution in [0.3, 0.4) is 0 Å². The molecule has 0 aliphatic rings. The third-order valence-corrected chi connectivity index (χ3v) is 5.16. The third kappa shape index (κ3) is 3.18. The molecule has 0 bridgehead atoms. The van der Waals surface area contributed by atoms with Crippen LogP contribution in [-0.2, 0) is 0 Å². The Hall–Kier alpha value is -1.23. The number of nitrogens with zero attached hydrogens (tertiary/aromatic N) is 1. The van der Waals surface area contributed by atoms with Gasteiger partial charge in [-0.3, -0.25) is 4.98 Å². The first-order valence-corrected chi connectivity index (χ1v) is 8.73. The molecular formula is C17H17BrN2S. The molecule has 2 heterocycles. The zero-order valence-corrected chi connectivity index (χ0v) is 14.2. The Morgan fingerprint density at radius 2 is 2.10 bits per heavy atom. The molecule has 1 atom stereocenters. The molecule has 0 aliphatic carbocycles. The maximum Gasteiger partial charge on any atom is 0.0705 e. The molecule has 21 heavy (non-hydrogen) atoms. The molecule has 0 radical (unpaired) electrons. The highest BCUT2D eigenvalue weighted by molar-refractivity contribution is 9.11. The fourth-order valence-electron chi connectivity index (χ4n) is 2.51. The lowest BCUT2D eigenvalue weighted by Gasteiger charge is -2.19. The van der Waals surface area contributed by atoms with E-state index in [1.165, 1.54) is 19.6 Å². The number of halogens is 1. The summed E-state index contributed by atoms with van der Waals surface area (Å²) in [5, 5.41) is 4.89. The van der Waals surface area contributed by atoms with E-state index in [1.807, 2.05) is 12.3 Å². The van der Waals surface area contributed by atoms with Crippen LogP contribution in [-0.4, -0.2) is 11.5 Å². The van der Waals surface area contributed by atoms with Crippen LogP contribution in [0.5, 0.6) is 0 Å². The van der Waals surface area contributed by atoms with Gasteiger partial charge < -0.3 is 5.32 Å². The molecule has 3 rings (SSSR count). The van der Waals surface area contributed by atoms with Gasteiger partial charge in [0.05, 0.1) is 15.3 Å². The summed E-state index contributed by atoms with van der Waals surface area (Å²) in [6, 6.07) is 15.0. The van der Waals surface area contributed by atoms with Gasteiger partial charge >= 0.3 is 0 Å². The van der Waals surface area contributed by atoms with E-state index in [2.05, 4.69) is 69.6 Å². The van der Waals surface area contributed by atoms with Crippen molar-refractivity contribution in [3.8, 4) is 0 Å². The molecule has 1 N–H and O–H groups in total. The number of hydrogen-bond donors (Lipinski definition) is 1. The summed E-state index contributed by atoms with van der Waals surface area (Å²) in [5.74, 6) is 0. The van der Waals surface area contributed by atoms with Gasteiger partial charge in [-0.2, -0.15) is 0 Å². The number of hydrogen-bond acceptors (Lipinski definition) is 3. The molecule has 0 aliphatic heterocycles. The van der Waals surface area contributed by atoms with Gasteiger partial charge in [0.15, 0.2) is 0 Å². The Bertz CT molecular complexity index is 733. The minimum absolute atomic E-state index is 0.217. The Balaban J connectivity index is 2.09. The number of rotatable bonds is 5. The maximum absolute atomic E-state index is 4.47. The van der Waals surface area contributed by atoms with E-state index in [-0.39, 0.29) is 6.04 Å². The van der Waals surface area contributed by atoms with Crippen molar-refractivity contribution in [3.05, 3.63) is 62.9 Å². The molecule has 0 amide bonds. The molecule has 0 spiro atoms. The molecule has 1 aromatic carbocycles. The van der Waals surface area contributed by atoms with Crippen molar-refractivity contribution in [2.45, 2.75) is 19.4 Å². The first-order chi connectivity index (χ1) is 10.3. The molecule has 1 unspecified atom stereocenters. The zero-order valence-electron chi connectivity index (χ0n) is 11.8. The van der Waals surface area contributed by atoms with Gasteiger partial charge in [-0.25, -0.2) is 0 Å². The topological polar surface area (TPSA) is 24.9 Å².